The fraction of sp³-hybridized carbons (Fsp3) is 0.176. The molecule has 2 rings (SSSR count). The molecule has 2 amide bonds. The molecule has 8 heteroatoms. The van der Waals surface area contributed by atoms with Gasteiger partial charge in [-0.15, -0.1) is 0 Å². The molecule has 3 N–H and O–H groups in total. The van der Waals surface area contributed by atoms with Gasteiger partial charge in [0.15, 0.2) is 0 Å². The molecule has 0 aromatic heterocycles. The number of rotatable bonds is 6. The van der Waals surface area contributed by atoms with E-state index in [2.05, 4.69) is 15.4 Å². The third-order valence-electron chi connectivity index (χ3n) is 3.41. The molecule has 132 valence electrons. The summed E-state index contributed by atoms with van der Waals surface area (Å²) in [5.41, 5.74) is 1.87. The zero-order chi connectivity index (χ0) is 18.4. The second-order valence-corrected chi connectivity index (χ2v) is 7.11. The second kappa shape index (κ2) is 7.91. The Kier molecular flexibility index (Phi) is 5.89. The lowest BCUT2D eigenvalue weighted by Crippen LogP contribution is -2.32. The van der Waals surface area contributed by atoms with E-state index in [0.29, 0.717) is 11.3 Å². The van der Waals surface area contributed by atoms with Gasteiger partial charge in [0, 0.05) is 18.3 Å². The predicted molar refractivity (Wildman–Crippen MR) is 94.8 cm³/mol. The molecule has 2 aromatic carbocycles. The number of carbonyl (C=O) groups is 2. The van der Waals surface area contributed by atoms with Crippen LogP contribution >= 0.6 is 0 Å². The summed E-state index contributed by atoms with van der Waals surface area (Å²) in [7, 11) is -2.22. The van der Waals surface area contributed by atoms with E-state index in [9.17, 15) is 18.0 Å². The van der Waals surface area contributed by atoms with Crippen LogP contribution in [0.2, 0.25) is 0 Å². The summed E-state index contributed by atoms with van der Waals surface area (Å²) >= 11 is 0. The highest BCUT2D eigenvalue weighted by Crippen LogP contribution is 2.11. The van der Waals surface area contributed by atoms with Crippen LogP contribution in [0, 0.1) is 6.92 Å². The molecule has 25 heavy (non-hydrogen) atoms. The van der Waals surface area contributed by atoms with Crippen LogP contribution in [-0.4, -0.2) is 33.8 Å². The highest BCUT2D eigenvalue weighted by atomic mass is 32.2. The highest BCUT2D eigenvalue weighted by molar-refractivity contribution is 7.89. The Morgan fingerprint density at radius 2 is 1.56 bits per heavy atom. The minimum Gasteiger partial charge on any atom is -0.355 e. The number of benzene rings is 2. The largest absolute Gasteiger partial charge is 0.355 e. The fourth-order valence-corrected chi connectivity index (χ4v) is 3.00. The molecule has 0 saturated heterocycles. The number of hydrogen-bond acceptors (Lipinski definition) is 4. The Balaban J connectivity index is 1.94. The molecule has 2 aromatic rings. The number of aryl methyl sites for hydroxylation is 1. The van der Waals surface area contributed by atoms with Gasteiger partial charge in [-0.1, -0.05) is 17.7 Å². The van der Waals surface area contributed by atoms with E-state index in [1.54, 1.807) is 36.4 Å². The van der Waals surface area contributed by atoms with E-state index in [4.69, 9.17) is 0 Å². The molecule has 0 fully saturated rings. The van der Waals surface area contributed by atoms with Crippen LogP contribution in [0.25, 0.3) is 0 Å². The number of anilines is 1. The third kappa shape index (κ3) is 5.13. The summed E-state index contributed by atoms with van der Waals surface area (Å²) in [4.78, 5) is 23.4. The monoisotopic (exact) mass is 361 g/mol. The van der Waals surface area contributed by atoms with Crippen molar-refractivity contribution in [1.82, 2.24) is 10.0 Å². The first kappa shape index (κ1) is 18.6. The van der Waals surface area contributed by atoms with Gasteiger partial charge in [-0.05, 0) is 43.3 Å². The SMILES string of the molecule is CNC(=O)c1ccc(NC(=O)CNS(=O)(=O)c2ccc(C)cc2)cc1. The van der Waals surface area contributed by atoms with Gasteiger partial charge < -0.3 is 10.6 Å². The number of nitrogens with one attached hydrogen (secondary N) is 3. The minimum absolute atomic E-state index is 0.0980. The van der Waals surface area contributed by atoms with E-state index < -0.39 is 22.5 Å². The van der Waals surface area contributed by atoms with Gasteiger partial charge in [0.1, 0.15) is 0 Å². The van der Waals surface area contributed by atoms with E-state index >= 15 is 0 Å². The fourth-order valence-electron chi connectivity index (χ4n) is 2.02. The third-order valence-corrected chi connectivity index (χ3v) is 4.83. The predicted octanol–water partition coefficient (Wildman–Crippen LogP) is 1.27. The van der Waals surface area contributed by atoms with Crippen molar-refractivity contribution in [2.24, 2.45) is 0 Å². The molecule has 7 nitrogen and oxygen atoms in total. The van der Waals surface area contributed by atoms with Crippen molar-refractivity contribution in [3.8, 4) is 0 Å². The maximum atomic E-state index is 12.1. The van der Waals surface area contributed by atoms with Gasteiger partial charge in [-0.2, -0.15) is 0 Å². The second-order valence-electron chi connectivity index (χ2n) is 5.34. The van der Waals surface area contributed by atoms with Crippen LogP contribution in [-0.2, 0) is 14.8 Å². The van der Waals surface area contributed by atoms with E-state index in [0.717, 1.165) is 5.56 Å². The summed E-state index contributed by atoms with van der Waals surface area (Å²) in [6.45, 7) is 1.46. The Morgan fingerprint density at radius 1 is 0.960 bits per heavy atom. The smallest absolute Gasteiger partial charge is 0.251 e. The molecule has 0 aliphatic heterocycles. The standard InChI is InChI=1S/C17H19N3O4S/c1-12-3-9-15(10-4-12)25(23,24)19-11-16(21)20-14-7-5-13(6-8-14)17(22)18-2/h3-10,19H,11H2,1-2H3,(H,18,22)(H,20,21). The average Bonchev–Trinajstić information content (AvgIpc) is 2.60. The lowest BCUT2D eigenvalue weighted by molar-refractivity contribution is -0.115. The zero-order valence-electron chi connectivity index (χ0n) is 13.9. The zero-order valence-corrected chi connectivity index (χ0v) is 14.7. The van der Waals surface area contributed by atoms with E-state index in [1.807, 2.05) is 6.92 Å². The number of amides is 2. The quantitative estimate of drug-likeness (QED) is 0.721. The van der Waals surface area contributed by atoms with Gasteiger partial charge in [0.2, 0.25) is 15.9 Å². The molecule has 0 aliphatic rings. The minimum atomic E-state index is -3.75. The lowest BCUT2D eigenvalue weighted by atomic mass is 10.2. The van der Waals surface area contributed by atoms with Crippen molar-refractivity contribution in [2.45, 2.75) is 11.8 Å². The lowest BCUT2D eigenvalue weighted by Gasteiger charge is -2.08. The molecular weight excluding hydrogens is 342 g/mol. The topological polar surface area (TPSA) is 104 Å². The van der Waals surface area contributed by atoms with Crippen molar-refractivity contribution in [1.29, 1.82) is 0 Å². The van der Waals surface area contributed by atoms with Crippen molar-refractivity contribution in [3.63, 3.8) is 0 Å². The Hall–Kier alpha value is -2.71. The molecule has 0 radical (unpaired) electrons. The first-order chi connectivity index (χ1) is 11.8. The Labute approximate surface area is 146 Å². The maximum Gasteiger partial charge on any atom is 0.251 e. The van der Waals surface area contributed by atoms with Crippen molar-refractivity contribution >= 4 is 27.5 Å². The number of hydrogen-bond donors (Lipinski definition) is 3. The van der Waals surface area contributed by atoms with Crippen molar-refractivity contribution in [3.05, 3.63) is 59.7 Å². The Bertz CT molecular complexity index is 860. The molecule has 0 unspecified atom stereocenters. The summed E-state index contributed by atoms with van der Waals surface area (Å²) in [6, 6.07) is 12.6. The van der Waals surface area contributed by atoms with Crippen LogP contribution in [0.15, 0.2) is 53.4 Å². The molecule has 0 aliphatic carbocycles. The van der Waals surface area contributed by atoms with Crippen LogP contribution in [0.5, 0.6) is 0 Å². The van der Waals surface area contributed by atoms with Gasteiger partial charge in [0.05, 0.1) is 11.4 Å². The molecule has 0 saturated carbocycles. The van der Waals surface area contributed by atoms with Crippen LogP contribution in [0.1, 0.15) is 15.9 Å². The first-order valence-electron chi connectivity index (χ1n) is 7.50. The molecule has 0 bridgehead atoms. The van der Waals surface area contributed by atoms with Crippen LogP contribution in [0.3, 0.4) is 0 Å². The van der Waals surface area contributed by atoms with Crippen LogP contribution in [0.4, 0.5) is 5.69 Å². The number of sulfonamides is 1. The normalized spacial score (nSPS) is 11.0. The summed E-state index contributed by atoms with van der Waals surface area (Å²) in [5, 5.41) is 5.06. The molecule has 0 atom stereocenters. The summed E-state index contributed by atoms with van der Waals surface area (Å²) in [6.07, 6.45) is 0. The van der Waals surface area contributed by atoms with Crippen molar-refractivity contribution in [2.75, 3.05) is 18.9 Å². The molecule has 0 heterocycles. The molecular formula is C17H19N3O4S. The van der Waals surface area contributed by atoms with Gasteiger partial charge in [-0.25, -0.2) is 13.1 Å². The Morgan fingerprint density at radius 3 is 2.12 bits per heavy atom. The first-order valence-corrected chi connectivity index (χ1v) is 8.98. The van der Waals surface area contributed by atoms with Crippen LogP contribution < -0.4 is 15.4 Å². The number of carbonyl (C=O) groups excluding carboxylic acids is 2. The highest BCUT2D eigenvalue weighted by Gasteiger charge is 2.15. The van der Waals surface area contributed by atoms with Crippen molar-refractivity contribution < 1.29 is 18.0 Å². The van der Waals surface area contributed by atoms with E-state index in [-0.39, 0.29) is 10.8 Å². The summed E-state index contributed by atoms with van der Waals surface area (Å²) < 4.78 is 26.5. The van der Waals surface area contributed by atoms with Gasteiger partial charge in [-0.3, -0.25) is 9.59 Å². The van der Waals surface area contributed by atoms with Gasteiger partial charge >= 0.3 is 0 Å². The molecule has 0 spiro atoms. The van der Waals surface area contributed by atoms with Gasteiger partial charge in [0.25, 0.3) is 5.91 Å². The van der Waals surface area contributed by atoms with E-state index in [1.165, 1.54) is 19.2 Å². The average molecular weight is 361 g/mol. The summed E-state index contributed by atoms with van der Waals surface area (Å²) in [5.74, 6) is -0.743. The maximum absolute atomic E-state index is 12.1.